The number of piperidine rings is 1. The predicted octanol–water partition coefficient (Wildman–Crippen LogP) is 0.286. The van der Waals surface area contributed by atoms with Crippen LogP contribution in [0.25, 0.3) is 0 Å². The van der Waals surface area contributed by atoms with E-state index >= 15 is 0 Å². The Hall–Kier alpha value is -2.46. The molecule has 0 radical (unpaired) electrons. The fourth-order valence-corrected chi connectivity index (χ4v) is 4.54. The van der Waals surface area contributed by atoms with Crippen molar-refractivity contribution in [2.45, 2.75) is 37.1 Å². The molecule has 2 amide bonds. The third-order valence-corrected chi connectivity index (χ3v) is 6.56. The number of esters is 1. The SMILES string of the molecule is Cc1ccc(S(=O)(=O)N2CCCC[C@@H]2C(=O)OCC(=O)NCC(=O)N(C)C)cc1. The highest BCUT2D eigenvalue weighted by molar-refractivity contribution is 7.89. The van der Waals surface area contributed by atoms with Crippen molar-refractivity contribution in [3.05, 3.63) is 29.8 Å². The second kappa shape index (κ2) is 9.84. The molecular formula is C19H27N3O6S. The summed E-state index contributed by atoms with van der Waals surface area (Å²) < 4.78 is 32.2. The average molecular weight is 426 g/mol. The first-order chi connectivity index (χ1) is 13.6. The lowest BCUT2D eigenvalue weighted by molar-refractivity contribution is -0.153. The van der Waals surface area contributed by atoms with Crippen LogP contribution in [0.1, 0.15) is 24.8 Å². The number of nitrogens with zero attached hydrogens (tertiary/aromatic N) is 2. The van der Waals surface area contributed by atoms with E-state index in [1.165, 1.54) is 17.0 Å². The molecule has 1 aliphatic rings. The molecule has 1 aromatic carbocycles. The van der Waals surface area contributed by atoms with Crippen LogP contribution in [0.3, 0.4) is 0 Å². The van der Waals surface area contributed by atoms with Crippen molar-refractivity contribution in [3.8, 4) is 0 Å². The zero-order valence-corrected chi connectivity index (χ0v) is 17.7. The van der Waals surface area contributed by atoms with Crippen molar-refractivity contribution in [2.75, 3.05) is 33.8 Å². The minimum Gasteiger partial charge on any atom is -0.454 e. The molecule has 1 heterocycles. The third-order valence-electron chi connectivity index (χ3n) is 4.63. The molecule has 0 saturated carbocycles. The van der Waals surface area contributed by atoms with Crippen LogP contribution in [-0.2, 0) is 29.1 Å². The summed E-state index contributed by atoms with van der Waals surface area (Å²) in [5.74, 6) is -1.70. The molecule has 0 spiro atoms. The van der Waals surface area contributed by atoms with Crippen LogP contribution < -0.4 is 5.32 Å². The maximum Gasteiger partial charge on any atom is 0.324 e. The topological polar surface area (TPSA) is 113 Å². The van der Waals surface area contributed by atoms with E-state index in [2.05, 4.69) is 5.32 Å². The molecule has 29 heavy (non-hydrogen) atoms. The number of nitrogens with one attached hydrogen (secondary N) is 1. The fourth-order valence-electron chi connectivity index (χ4n) is 2.89. The van der Waals surface area contributed by atoms with Gasteiger partial charge in [-0.2, -0.15) is 4.31 Å². The van der Waals surface area contributed by atoms with Crippen molar-refractivity contribution < 1.29 is 27.5 Å². The van der Waals surface area contributed by atoms with Crippen molar-refractivity contribution in [2.24, 2.45) is 0 Å². The molecule has 0 unspecified atom stereocenters. The van der Waals surface area contributed by atoms with Crippen molar-refractivity contribution in [3.63, 3.8) is 0 Å². The van der Waals surface area contributed by atoms with E-state index in [0.29, 0.717) is 19.3 Å². The van der Waals surface area contributed by atoms with Gasteiger partial charge < -0.3 is 15.0 Å². The number of amides is 2. The van der Waals surface area contributed by atoms with Crippen molar-refractivity contribution in [1.82, 2.24) is 14.5 Å². The molecule has 1 fully saturated rings. The Kier molecular flexibility index (Phi) is 7.74. The van der Waals surface area contributed by atoms with Gasteiger partial charge >= 0.3 is 5.97 Å². The molecule has 1 aromatic rings. The molecular weight excluding hydrogens is 398 g/mol. The summed E-state index contributed by atoms with van der Waals surface area (Å²) in [6.07, 6.45) is 1.65. The summed E-state index contributed by atoms with van der Waals surface area (Å²) in [7, 11) is -0.748. The quantitative estimate of drug-likeness (QED) is 0.628. The monoisotopic (exact) mass is 425 g/mol. The number of hydrogen-bond acceptors (Lipinski definition) is 6. The van der Waals surface area contributed by atoms with Crippen LogP contribution in [0.2, 0.25) is 0 Å². The first-order valence-corrected chi connectivity index (χ1v) is 10.8. The molecule has 1 N–H and O–H groups in total. The van der Waals surface area contributed by atoms with Gasteiger partial charge in [-0.05, 0) is 38.3 Å². The van der Waals surface area contributed by atoms with E-state index in [1.54, 1.807) is 26.2 Å². The number of rotatable bonds is 7. The van der Waals surface area contributed by atoms with Gasteiger partial charge in [0.15, 0.2) is 6.61 Å². The average Bonchev–Trinajstić information content (AvgIpc) is 2.70. The molecule has 0 bridgehead atoms. The molecule has 1 atom stereocenters. The Morgan fingerprint density at radius 1 is 1.17 bits per heavy atom. The van der Waals surface area contributed by atoms with Crippen LogP contribution >= 0.6 is 0 Å². The lowest BCUT2D eigenvalue weighted by Crippen LogP contribution is -2.49. The van der Waals surface area contributed by atoms with Crippen molar-refractivity contribution in [1.29, 1.82) is 0 Å². The molecule has 160 valence electrons. The van der Waals surface area contributed by atoms with E-state index in [1.807, 2.05) is 6.92 Å². The summed E-state index contributed by atoms with van der Waals surface area (Å²) in [6.45, 7) is 1.28. The maximum atomic E-state index is 13.0. The number of sulfonamides is 1. The van der Waals surface area contributed by atoms with Gasteiger partial charge in [0, 0.05) is 20.6 Å². The van der Waals surface area contributed by atoms with Crippen LogP contribution in [0.4, 0.5) is 0 Å². The summed E-state index contributed by atoms with van der Waals surface area (Å²) in [6, 6.07) is 5.44. The van der Waals surface area contributed by atoms with Gasteiger partial charge in [-0.1, -0.05) is 17.7 Å². The van der Waals surface area contributed by atoms with Crippen molar-refractivity contribution >= 4 is 27.8 Å². The highest BCUT2D eigenvalue weighted by Crippen LogP contribution is 2.26. The molecule has 2 rings (SSSR count). The van der Waals surface area contributed by atoms with E-state index in [0.717, 1.165) is 9.87 Å². The number of ether oxygens (including phenoxy) is 1. The van der Waals surface area contributed by atoms with Gasteiger partial charge in [-0.25, -0.2) is 8.42 Å². The largest absolute Gasteiger partial charge is 0.454 e. The van der Waals surface area contributed by atoms with Gasteiger partial charge in [-0.3, -0.25) is 14.4 Å². The number of carbonyl (C=O) groups is 3. The smallest absolute Gasteiger partial charge is 0.324 e. The minimum absolute atomic E-state index is 0.114. The lowest BCUT2D eigenvalue weighted by Gasteiger charge is -2.33. The molecule has 0 aliphatic carbocycles. The first kappa shape index (κ1) is 22.8. The number of hydrogen-bond donors (Lipinski definition) is 1. The van der Waals surface area contributed by atoms with Crippen LogP contribution in [0.15, 0.2) is 29.2 Å². The molecule has 10 heteroatoms. The normalized spacial score (nSPS) is 17.4. The van der Waals surface area contributed by atoms with Gasteiger partial charge in [0.25, 0.3) is 5.91 Å². The number of carbonyl (C=O) groups excluding carboxylic acids is 3. The number of aryl methyl sites for hydroxylation is 1. The van der Waals surface area contributed by atoms with E-state index in [4.69, 9.17) is 4.74 Å². The summed E-state index contributed by atoms with van der Waals surface area (Å²) >= 11 is 0. The van der Waals surface area contributed by atoms with Gasteiger partial charge in [-0.15, -0.1) is 0 Å². The summed E-state index contributed by atoms with van der Waals surface area (Å²) in [5, 5.41) is 2.36. The zero-order valence-electron chi connectivity index (χ0n) is 16.9. The Bertz CT molecular complexity index is 851. The first-order valence-electron chi connectivity index (χ1n) is 9.35. The van der Waals surface area contributed by atoms with Gasteiger partial charge in [0.1, 0.15) is 6.04 Å². The molecule has 1 aliphatic heterocycles. The Morgan fingerprint density at radius 3 is 2.45 bits per heavy atom. The molecule has 1 saturated heterocycles. The number of likely N-dealkylation sites (N-methyl/N-ethyl adjacent to an activating group) is 1. The minimum atomic E-state index is -3.86. The lowest BCUT2D eigenvalue weighted by atomic mass is 10.1. The summed E-state index contributed by atoms with van der Waals surface area (Å²) in [5.41, 5.74) is 0.928. The standard InChI is InChI=1S/C19H27N3O6S/c1-14-7-9-15(10-8-14)29(26,27)22-11-5-4-6-16(22)19(25)28-13-17(23)20-12-18(24)21(2)3/h7-10,16H,4-6,11-13H2,1-3H3,(H,20,23)/t16-/m1/s1. The maximum absolute atomic E-state index is 13.0. The van der Waals surface area contributed by atoms with E-state index in [-0.39, 0.29) is 23.9 Å². The Balaban J connectivity index is 2.01. The second-order valence-electron chi connectivity index (χ2n) is 7.11. The van der Waals surface area contributed by atoms with E-state index in [9.17, 15) is 22.8 Å². The van der Waals surface area contributed by atoms with Gasteiger partial charge in [0.05, 0.1) is 11.4 Å². The van der Waals surface area contributed by atoms with Crippen LogP contribution in [0, 0.1) is 6.92 Å². The zero-order chi connectivity index (χ0) is 21.6. The molecule has 9 nitrogen and oxygen atoms in total. The highest BCUT2D eigenvalue weighted by Gasteiger charge is 2.38. The fraction of sp³-hybridized carbons (Fsp3) is 0.526. The Morgan fingerprint density at radius 2 is 1.83 bits per heavy atom. The van der Waals surface area contributed by atoms with Crippen LogP contribution in [-0.4, -0.2) is 75.2 Å². The second-order valence-corrected chi connectivity index (χ2v) is 9.00. The number of benzene rings is 1. The Labute approximate surface area is 171 Å². The van der Waals surface area contributed by atoms with E-state index < -0.39 is 34.5 Å². The van der Waals surface area contributed by atoms with Gasteiger partial charge in [0.2, 0.25) is 15.9 Å². The summed E-state index contributed by atoms with van der Waals surface area (Å²) in [4.78, 5) is 37.2. The molecule has 0 aromatic heterocycles. The predicted molar refractivity (Wildman–Crippen MR) is 105 cm³/mol. The highest BCUT2D eigenvalue weighted by atomic mass is 32.2. The third kappa shape index (κ3) is 6.01. The van der Waals surface area contributed by atoms with Crippen LogP contribution in [0.5, 0.6) is 0 Å².